The van der Waals surface area contributed by atoms with Gasteiger partial charge in [-0.2, -0.15) is 0 Å². The zero-order valence-electron chi connectivity index (χ0n) is 8.00. The highest BCUT2D eigenvalue weighted by atomic mass is 16.3. The van der Waals surface area contributed by atoms with Crippen LogP contribution in [0.5, 0.6) is 0 Å². The molecule has 13 heavy (non-hydrogen) atoms. The highest BCUT2D eigenvalue weighted by Crippen LogP contribution is 2.27. The molecular weight excluding hydrogens is 164 g/mol. The van der Waals surface area contributed by atoms with Crippen LogP contribution in [-0.2, 0) is 0 Å². The smallest absolute Gasteiger partial charge is 0.117 e. The SMILES string of the molecule is OCCCC#CC(O)C1CCCC1. The summed E-state index contributed by atoms with van der Waals surface area (Å²) < 4.78 is 0. The highest BCUT2D eigenvalue weighted by molar-refractivity contribution is 5.06. The fourth-order valence-electron chi connectivity index (χ4n) is 1.74. The van der Waals surface area contributed by atoms with Gasteiger partial charge >= 0.3 is 0 Å². The van der Waals surface area contributed by atoms with Crippen LogP contribution in [0.1, 0.15) is 38.5 Å². The summed E-state index contributed by atoms with van der Waals surface area (Å²) >= 11 is 0. The number of aliphatic hydroxyl groups excluding tert-OH is 2. The maximum absolute atomic E-state index is 9.61. The molecule has 1 unspecified atom stereocenters. The minimum absolute atomic E-state index is 0.189. The second-order valence-electron chi connectivity index (χ2n) is 3.64. The first-order valence-corrected chi connectivity index (χ1v) is 5.12. The molecule has 0 aromatic carbocycles. The van der Waals surface area contributed by atoms with Gasteiger partial charge in [0, 0.05) is 13.0 Å². The van der Waals surface area contributed by atoms with Crippen molar-refractivity contribution < 1.29 is 10.2 Å². The largest absolute Gasteiger partial charge is 0.396 e. The summed E-state index contributed by atoms with van der Waals surface area (Å²) in [4.78, 5) is 0. The van der Waals surface area contributed by atoms with Gasteiger partial charge in [-0.1, -0.05) is 18.8 Å². The molecule has 2 heteroatoms. The van der Waals surface area contributed by atoms with Crippen molar-refractivity contribution in [2.75, 3.05) is 6.61 Å². The first kappa shape index (κ1) is 10.6. The minimum atomic E-state index is -0.429. The number of hydrogen-bond donors (Lipinski definition) is 2. The summed E-state index contributed by atoms with van der Waals surface area (Å²) in [5.74, 6) is 6.16. The quantitative estimate of drug-likeness (QED) is 0.510. The monoisotopic (exact) mass is 182 g/mol. The fourth-order valence-corrected chi connectivity index (χ4v) is 1.74. The molecule has 0 radical (unpaired) electrons. The van der Waals surface area contributed by atoms with E-state index in [0.717, 1.165) is 12.8 Å². The lowest BCUT2D eigenvalue weighted by atomic mass is 10.0. The molecule has 1 aliphatic rings. The Morgan fingerprint density at radius 2 is 2.00 bits per heavy atom. The molecule has 0 amide bonds. The summed E-state index contributed by atoms with van der Waals surface area (Å²) in [6.07, 6.45) is 5.69. The molecule has 1 fully saturated rings. The molecule has 0 saturated heterocycles. The third kappa shape index (κ3) is 3.80. The Morgan fingerprint density at radius 3 is 2.62 bits per heavy atom. The Labute approximate surface area is 80.0 Å². The zero-order chi connectivity index (χ0) is 9.52. The van der Waals surface area contributed by atoms with Gasteiger partial charge in [0.25, 0.3) is 0 Å². The van der Waals surface area contributed by atoms with E-state index in [-0.39, 0.29) is 6.61 Å². The van der Waals surface area contributed by atoms with E-state index >= 15 is 0 Å². The van der Waals surface area contributed by atoms with E-state index in [0.29, 0.717) is 18.8 Å². The van der Waals surface area contributed by atoms with Crippen molar-refractivity contribution in [3.05, 3.63) is 0 Å². The number of aliphatic hydroxyl groups is 2. The summed E-state index contributed by atoms with van der Waals surface area (Å²) in [6.45, 7) is 0.189. The van der Waals surface area contributed by atoms with Crippen molar-refractivity contribution in [2.24, 2.45) is 5.92 Å². The van der Waals surface area contributed by atoms with Crippen LogP contribution in [0, 0.1) is 17.8 Å². The van der Waals surface area contributed by atoms with Gasteiger partial charge in [0.15, 0.2) is 0 Å². The normalized spacial score (nSPS) is 19.5. The Morgan fingerprint density at radius 1 is 1.31 bits per heavy atom. The predicted molar refractivity (Wildman–Crippen MR) is 52.1 cm³/mol. The zero-order valence-corrected chi connectivity index (χ0v) is 8.00. The van der Waals surface area contributed by atoms with E-state index in [1.54, 1.807) is 0 Å². The maximum atomic E-state index is 9.61. The van der Waals surface area contributed by atoms with Gasteiger partial charge in [-0.15, -0.1) is 5.92 Å². The van der Waals surface area contributed by atoms with Crippen LogP contribution in [0.4, 0.5) is 0 Å². The molecule has 1 aliphatic carbocycles. The minimum Gasteiger partial charge on any atom is -0.396 e. The van der Waals surface area contributed by atoms with Crippen molar-refractivity contribution in [1.82, 2.24) is 0 Å². The van der Waals surface area contributed by atoms with Gasteiger partial charge in [0.2, 0.25) is 0 Å². The van der Waals surface area contributed by atoms with E-state index in [1.165, 1.54) is 12.8 Å². The van der Waals surface area contributed by atoms with Gasteiger partial charge in [-0.3, -0.25) is 0 Å². The summed E-state index contributed by atoms with van der Waals surface area (Å²) in [7, 11) is 0. The number of unbranched alkanes of at least 4 members (excludes halogenated alkanes) is 1. The van der Waals surface area contributed by atoms with Gasteiger partial charge in [0.1, 0.15) is 6.10 Å². The first-order valence-electron chi connectivity index (χ1n) is 5.12. The molecule has 1 atom stereocenters. The highest BCUT2D eigenvalue weighted by Gasteiger charge is 2.21. The van der Waals surface area contributed by atoms with Gasteiger partial charge in [-0.05, 0) is 25.2 Å². The molecule has 1 rings (SSSR count). The molecule has 0 heterocycles. The Bertz CT molecular complexity index is 184. The molecule has 0 aromatic rings. The van der Waals surface area contributed by atoms with Crippen molar-refractivity contribution in [3.63, 3.8) is 0 Å². The number of hydrogen-bond acceptors (Lipinski definition) is 2. The van der Waals surface area contributed by atoms with Crippen molar-refractivity contribution >= 4 is 0 Å². The third-order valence-electron chi connectivity index (χ3n) is 2.56. The summed E-state index contributed by atoms with van der Waals surface area (Å²) in [5.41, 5.74) is 0. The average Bonchev–Trinajstić information content (AvgIpc) is 2.65. The van der Waals surface area contributed by atoms with Crippen LogP contribution >= 0.6 is 0 Å². The van der Waals surface area contributed by atoms with E-state index in [9.17, 15) is 5.11 Å². The molecule has 2 nitrogen and oxygen atoms in total. The van der Waals surface area contributed by atoms with Crippen molar-refractivity contribution in [2.45, 2.75) is 44.6 Å². The standard InChI is InChI=1S/C11H18O2/c12-9-5-1-2-8-11(13)10-6-3-4-7-10/h10-13H,1,3-7,9H2. The second kappa shape index (κ2) is 6.01. The topological polar surface area (TPSA) is 40.5 Å². The van der Waals surface area contributed by atoms with Gasteiger partial charge in [0.05, 0.1) is 0 Å². The predicted octanol–water partition coefficient (Wildman–Crippen LogP) is 1.31. The van der Waals surface area contributed by atoms with Crippen molar-refractivity contribution in [3.8, 4) is 11.8 Å². The molecule has 0 aliphatic heterocycles. The first-order chi connectivity index (χ1) is 6.34. The van der Waals surface area contributed by atoms with Crippen LogP contribution in [0.2, 0.25) is 0 Å². The Hall–Kier alpha value is -0.520. The van der Waals surface area contributed by atoms with Crippen LogP contribution in [0.3, 0.4) is 0 Å². The molecule has 2 N–H and O–H groups in total. The van der Waals surface area contributed by atoms with Crippen LogP contribution in [0.15, 0.2) is 0 Å². The van der Waals surface area contributed by atoms with Crippen LogP contribution < -0.4 is 0 Å². The maximum Gasteiger partial charge on any atom is 0.117 e. The molecule has 0 spiro atoms. The lowest BCUT2D eigenvalue weighted by molar-refractivity contribution is 0.164. The number of rotatable bonds is 3. The Balaban J connectivity index is 2.20. The molecule has 74 valence electrons. The van der Waals surface area contributed by atoms with Gasteiger partial charge in [-0.25, -0.2) is 0 Å². The van der Waals surface area contributed by atoms with Crippen LogP contribution in [0.25, 0.3) is 0 Å². The third-order valence-corrected chi connectivity index (χ3v) is 2.56. The molecule has 0 bridgehead atoms. The van der Waals surface area contributed by atoms with E-state index < -0.39 is 6.10 Å². The van der Waals surface area contributed by atoms with E-state index in [1.807, 2.05) is 0 Å². The van der Waals surface area contributed by atoms with Crippen LogP contribution in [-0.4, -0.2) is 22.9 Å². The van der Waals surface area contributed by atoms with E-state index in [2.05, 4.69) is 11.8 Å². The van der Waals surface area contributed by atoms with Crippen molar-refractivity contribution in [1.29, 1.82) is 0 Å². The molecule has 1 saturated carbocycles. The van der Waals surface area contributed by atoms with E-state index in [4.69, 9.17) is 5.11 Å². The Kier molecular flexibility index (Phi) is 4.88. The lowest BCUT2D eigenvalue weighted by Gasteiger charge is -2.10. The fraction of sp³-hybridized carbons (Fsp3) is 0.818. The summed E-state index contributed by atoms with van der Waals surface area (Å²) in [6, 6.07) is 0. The molecular formula is C11H18O2. The summed E-state index contributed by atoms with van der Waals surface area (Å²) in [5, 5.41) is 18.1. The second-order valence-corrected chi connectivity index (χ2v) is 3.64. The van der Waals surface area contributed by atoms with Gasteiger partial charge < -0.3 is 10.2 Å². The molecule has 0 aromatic heterocycles. The average molecular weight is 182 g/mol. The lowest BCUT2D eigenvalue weighted by Crippen LogP contribution is -2.14.